The summed E-state index contributed by atoms with van der Waals surface area (Å²) in [5.41, 5.74) is 4.07. The van der Waals surface area contributed by atoms with Crippen molar-refractivity contribution in [3.05, 3.63) is 57.6 Å². The molecule has 0 saturated heterocycles. The van der Waals surface area contributed by atoms with E-state index >= 15 is 0 Å². The molecule has 0 aromatic heterocycles. The standard InChI is InChI=1S/C26H32O5/c1-16-17(2)23-21(18(3)22(16)24(28)31-25(4,5)6)12-13-26(7,30-23)15-29-20-10-8-19(14-27)9-11-20/h8-11,14H,12-13,15H2,1-7H3. The van der Waals surface area contributed by atoms with Gasteiger partial charge in [-0.05, 0) is 108 Å². The number of hydrogen-bond donors (Lipinski definition) is 0. The number of ether oxygens (including phenoxy) is 3. The quantitative estimate of drug-likeness (QED) is 0.466. The van der Waals surface area contributed by atoms with Crippen LogP contribution in [-0.4, -0.2) is 30.1 Å². The molecule has 0 saturated carbocycles. The van der Waals surface area contributed by atoms with E-state index in [4.69, 9.17) is 14.2 Å². The van der Waals surface area contributed by atoms with Crippen LogP contribution in [0.3, 0.4) is 0 Å². The molecular formula is C26H32O5. The Labute approximate surface area is 184 Å². The van der Waals surface area contributed by atoms with E-state index in [1.54, 1.807) is 24.3 Å². The summed E-state index contributed by atoms with van der Waals surface area (Å²) in [6.45, 7) is 14.0. The molecular weight excluding hydrogens is 392 g/mol. The Bertz CT molecular complexity index is 998. The maximum atomic E-state index is 12.9. The number of rotatable bonds is 5. The number of carbonyl (C=O) groups excluding carboxylic acids is 2. The highest BCUT2D eigenvalue weighted by Gasteiger charge is 2.36. The van der Waals surface area contributed by atoms with E-state index in [-0.39, 0.29) is 5.97 Å². The van der Waals surface area contributed by atoms with Gasteiger partial charge in [-0.1, -0.05) is 0 Å². The summed E-state index contributed by atoms with van der Waals surface area (Å²) >= 11 is 0. The zero-order valence-electron chi connectivity index (χ0n) is 19.5. The van der Waals surface area contributed by atoms with Gasteiger partial charge in [0.2, 0.25) is 0 Å². The molecule has 1 aliphatic heterocycles. The molecule has 5 heteroatoms. The van der Waals surface area contributed by atoms with E-state index in [0.717, 1.165) is 47.1 Å². The van der Waals surface area contributed by atoms with Crippen molar-refractivity contribution in [3.63, 3.8) is 0 Å². The molecule has 3 rings (SSSR count). The maximum absolute atomic E-state index is 12.9. The van der Waals surface area contributed by atoms with Crippen LogP contribution in [0, 0.1) is 20.8 Å². The van der Waals surface area contributed by atoms with E-state index in [9.17, 15) is 9.59 Å². The van der Waals surface area contributed by atoms with Gasteiger partial charge in [0.25, 0.3) is 0 Å². The zero-order valence-corrected chi connectivity index (χ0v) is 19.5. The Hall–Kier alpha value is -2.82. The van der Waals surface area contributed by atoms with Crippen LogP contribution in [0.25, 0.3) is 0 Å². The zero-order chi connectivity index (χ0) is 23.0. The predicted octanol–water partition coefficient (Wildman–Crippen LogP) is 5.54. The van der Waals surface area contributed by atoms with E-state index < -0.39 is 11.2 Å². The van der Waals surface area contributed by atoms with Gasteiger partial charge in [0.1, 0.15) is 35.6 Å². The highest BCUT2D eigenvalue weighted by molar-refractivity contribution is 5.94. The van der Waals surface area contributed by atoms with Gasteiger partial charge in [-0.15, -0.1) is 0 Å². The molecule has 1 aliphatic rings. The van der Waals surface area contributed by atoms with Crippen LogP contribution in [0.4, 0.5) is 0 Å². The molecule has 2 aromatic carbocycles. The van der Waals surface area contributed by atoms with Crippen molar-refractivity contribution in [3.8, 4) is 11.5 Å². The van der Waals surface area contributed by atoms with Crippen LogP contribution in [0.5, 0.6) is 11.5 Å². The van der Waals surface area contributed by atoms with E-state index in [2.05, 4.69) is 0 Å². The molecule has 1 unspecified atom stereocenters. The first kappa shape index (κ1) is 22.9. The fourth-order valence-electron chi connectivity index (χ4n) is 3.93. The third kappa shape index (κ3) is 4.92. The van der Waals surface area contributed by atoms with Crippen molar-refractivity contribution in [1.82, 2.24) is 0 Å². The van der Waals surface area contributed by atoms with Crippen LogP contribution >= 0.6 is 0 Å². The van der Waals surface area contributed by atoms with Gasteiger partial charge in [0, 0.05) is 5.56 Å². The van der Waals surface area contributed by atoms with Gasteiger partial charge in [-0.25, -0.2) is 4.79 Å². The fourth-order valence-corrected chi connectivity index (χ4v) is 3.93. The molecule has 0 bridgehead atoms. The van der Waals surface area contributed by atoms with Gasteiger partial charge in [0.15, 0.2) is 0 Å². The van der Waals surface area contributed by atoms with Crippen LogP contribution < -0.4 is 9.47 Å². The maximum Gasteiger partial charge on any atom is 0.339 e. The molecule has 1 heterocycles. The molecule has 2 aromatic rings. The summed E-state index contributed by atoms with van der Waals surface area (Å²) in [6.07, 6.45) is 2.37. The van der Waals surface area contributed by atoms with Crippen LogP contribution in [0.15, 0.2) is 24.3 Å². The second-order valence-electron chi connectivity index (χ2n) is 9.59. The molecule has 0 N–H and O–H groups in total. The summed E-state index contributed by atoms with van der Waals surface area (Å²) < 4.78 is 18.1. The molecule has 0 fully saturated rings. The summed E-state index contributed by atoms with van der Waals surface area (Å²) in [5, 5.41) is 0. The van der Waals surface area contributed by atoms with Crippen molar-refractivity contribution >= 4 is 12.3 Å². The number of fused-ring (bicyclic) bond motifs is 1. The third-order valence-electron chi connectivity index (χ3n) is 5.80. The van der Waals surface area contributed by atoms with Crippen molar-refractivity contribution in [2.24, 2.45) is 0 Å². The predicted molar refractivity (Wildman–Crippen MR) is 121 cm³/mol. The molecule has 1 atom stereocenters. The summed E-state index contributed by atoms with van der Waals surface area (Å²) in [5.74, 6) is 1.25. The smallest absolute Gasteiger partial charge is 0.339 e. The summed E-state index contributed by atoms with van der Waals surface area (Å²) in [7, 11) is 0. The monoisotopic (exact) mass is 424 g/mol. The average Bonchev–Trinajstić information content (AvgIpc) is 2.70. The number of benzene rings is 2. The Balaban J connectivity index is 1.84. The lowest BCUT2D eigenvalue weighted by Crippen LogP contribution is -2.42. The molecule has 31 heavy (non-hydrogen) atoms. The van der Waals surface area contributed by atoms with Crippen molar-refractivity contribution in [1.29, 1.82) is 0 Å². The molecule has 0 amide bonds. The van der Waals surface area contributed by atoms with Crippen LogP contribution in [0.1, 0.15) is 77.1 Å². The lowest BCUT2D eigenvalue weighted by Gasteiger charge is -2.38. The van der Waals surface area contributed by atoms with Gasteiger partial charge < -0.3 is 14.2 Å². The minimum Gasteiger partial charge on any atom is -0.489 e. The first-order valence-corrected chi connectivity index (χ1v) is 10.7. The number of carbonyl (C=O) groups is 2. The van der Waals surface area contributed by atoms with E-state index in [1.807, 2.05) is 48.5 Å². The first-order chi connectivity index (χ1) is 14.4. The molecule has 0 aliphatic carbocycles. The van der Waals surface area contributed by atoms with Gasteiger partial charge in [-0.3, -0.25) is 4.79 Å². The van der Waals surface area contributed by atoms with E-state index in [0.29, 0.717) is 23.5 Å². The largest absolute Gasteiger partial charge is 0.489 e. The second-order valence-corrected chi connectivity index (χ2v) is 9.59. The summed E-state index contributed by atoms with van der Waals surface area (Å²) in [4.78, 5) is 23.7. The lowest BCUT2D eigenvalue weighted by atomic mass is 9.85. The average molecular weight is 425 g/mol. The Kier molecular flexibility index (Phi) is 6.17. The second kappa shape index (κ2) is 8.37. The Morgan fingerprint density at radius 1 is 1.10 bits per heavy atom. The van der Waals surface area contributed by atoms with Gasteiger partial charge in [0.05, 0.1) is 5.56 Å². The molecule has 0 radical (unpaired) electrons. The lowest BCUT2D eigenvalue weighted by molar-refractivity contribution is 0.00646. The molecule has 5 nitrogen and oxygen atoms in total. The highest BCUT2D eigenvalue weighted by atomic mass is 16.6. The van der Waals surface area contributed by atoms with Crippen molar-refractivity contribution < 1.29 is 23.8 Å². The Morgan fingerprint density at radius 3 is 2.32 bits per heavy atom. The fraction of sp³-hybridized carbons (Fsp3) is 0.462. The first-order valence-electron chi connectivity index (χ1n) is 10.7. The topological polar surface area (TPSA) is 61.8 Å². The third-order valence-corrected chi connectivity index (χ3v) is 5.80. The van der Waals surface area contributed by atoms with Gasteiger partial charge in [-0.2, -0.15) is 0 Å². The molecule has 166 valence electrons. The van der Waals surface area contributed by atoms with Crippen LogP contribution in [0.2, 0.25) is 0 Å². The van der Waals surface area contributed by atoms with Crippen molar-refractivity contribution in [2.45, 2.75) is 72.5 Å². The molecule has 0 spiro atoms. The number of hydrogen-bond acceptors (Lipinski definition) is 5. The highest BCUT2D eigenvalue weighted by Crippen LogP contribution is 2.41. The van der Waals surface area contributed by atoms with Crippen molar-refractivity contribution in [2.75, 3.05) is 6.61 Å². The van der Waals surface area contributed by atoms with Gasteiger partial charge >= 0.3 is 5.97 Å². The summed E-state index contributed by atoms with van der Waals surface area (Å²) in [6, 6.07) is 7.04. The Morgan fingerprint density at radius 2 is 1.74 bits per heavy atom. The van der Waals surface area contributed by atoms with Crippen LogP contribution in [-0.2, 0) is 11.2 Å². The minimum atomic E-state index is -0.546. The van der Waals surface area contributed by atoms with E-state index in [1.165, 1.54) is 0 Å². The number of esters is 1. The number of aldehydes is 1. The minimum absolute atomic E-state index is 0.288. The normalized spacial score (nSPS) is 18.0. The SMILES string of the molecule is Cc1c(C)c(C(=O)OC(C)(C)C)c(C)c2c1OC(C)(COc1ccc(C=O)cc1)CC2.